The number of thioether (sulfide) groups is 1. The first-order valence-corrected chi connectivity index (χ1v) is 8.78. The van der Waals surface area contributed by atoms with Crippen molar-refractivity contribution in [2.75, 3.05) is 11.1 Å². The van der Waals surface area contributed by atoms with Crippen LogP contribution in [0.15, 0.2) is 41.3 Å². The van der Waals surface area contributed by atoms with Crippen LogP contribution in [0.3, 0.4) is 0 Å². The van der Waals surface area contributed by atoms with Crippen molar-refractivity contribution >= 4 is 45.9 Å². The van der Waals surface area contributed by atoms with Crippen molar-refractivity contribution < 1.29 is 4.79 Å². The Kier molecular flexibility index (Phi) is 5.70. The van der Waals surface area contributed by atoms with Gasteiger partial charge in [0.25, 0.3) is 0 Å². The SMILES string of the molecule is Cc1ccc(SCC(=O)Nc2ccc(C)c(I)c2)c(C)c1. The average Bonchev–Trinajstić information content (AvgIpc) is 2.42. The molecule has 21 heavy (non-hydrogen) atoms. The zero-order valence-corrected chi connectivity index (χ0v) is 15.3. The Bertz CT molecular complexity index is 670. The van der Waals surface area contributed by atoms with E-state index in [2.05, 4.69) is 66.9 Å². The number of aryl methyl sites for hydroxylation is 3. The second kappa shape index (κ2) is 7.31. The fourth-order valence-corrected chi connectivity index (χ4v) is 3.30. The molecule has 4 heteroatoms. The van der Waals surface area contributed by atoms with E-state index < -0.39 is 0 Å². The van der Waals surface area contributed by atoms with Crippen LogP contribution in [-0.2, 0) is 4.79 Å². The predicted octanol–water partition coefficient (Wildman–Crippen LogP) is 4.95. The van der Waals surface area contributed by atoms with Crippen LogP contribution in [0.2, 0.25) is 0 Å². The third-order valence-electron chi connectivity index (χ3n) is 3.14. The summed E-state index contributed by atoms with van der Waals surface area (Å²) in [5.41, 5.74) is 4.54. The van der Waals surface area contributed by atoms with Crippen LogP contribution in [-0.4, -0.2) is 11.7 Å². The molecule has 0 saturated heterocycles. The number of anilines is 1. The number of carbonyl (C=O) groups excluding carboxylic acids is 1. The minimum absolute atomic E-state index is 0.0274. The standard InChI is InChI=1S/C17H18INOS/c1-11-4-7-16(13(3)8-11)21-10-17(20)19-14-6-5-12(2)15(18)9-14/h4-9H,10H2,1-3H3,(H,19,20). The molecule has 1 amide bonds. The molecule has 2 nitrogen and oxygen atoms in total. The Morgan fingerprint density at radius 1 is 1.10 bits per heavy atom. The zero-order valence-electron chi connectivity index (χ0n) is 12.4. The second-order valence-electron chi connectivity index (χ2n) is 5.07. The molecule has 0 aliphatic heterocycles. The number of hydrogen-bond acceptors (Lipinski definition) is 2. The van der Waals surface area contributed by atoms with Crippen molar-refractivity contribution in [1.82, 2.24) is 0 Å². The smallest absolute Gasteiger partial charge is 0.234 e. The van der Waals surface area contributed by atoms with Gasteiger partial charge in [0.1, 0.15) is 0 Å². The molecule has 2 rings (SSSR count). The van der Waals surface area contributed by atoms with Crippen molar-refractivity contribution in [2.45, 2.75) is 25.7 Å². The van der Waals surface area contributed by atoms with E-state index in [1.807, 2.05) is 18.2 Å². The van der Waals surface area contributed by atoms with Gasteiger partial charge in [-0.3, -0.25) is 4.79 Å². The van der Waals surface area contributed by atoms with E-state index in [1.165, 1.54) is 16.7 Å². The molecule has 0 aromatic heterocycles. The van der Waals surface area contributed by atoms with Crippen LogP contribution in [0.5, 0.6) is 0 Å². The summed E-state index contributed by atoms with van der Waals surface area (Å²) in [6.45, 7) is 6.21. The van der Waals surface area contributed by atoms with Crippen LogP contribution >= 0.6 is 34.4 Å². The Morgan fingerprint density at radius 2 is 1.86 bits per heavy atom. The molecule has 2 aromatic rings. The highest BCUT2D eigenvalue weighted by Gasteiger charge is 2.06. The minimum atomic E-state index is 0.0274. The van der Waals surface area contributed by atoms with E-state index in [0.29, 0.717) is 5.75 Å². The summed E-state index contributed by atoms with van der Waals surface area (Å²) in [5.74, 6) is 0.452. The van der Waals surface area contributed by atoms with Crippen molar-refractivity contribution in [3.8, 4) is 0 Å². The lowest BCUT2D eigenvalue weighted by atomic mass is 10.2. The van der Waals surface area contributed by atoms with Crippen LogP contribution in [0.25, 0.3) is 0 Å². The van der Waals surface area contributed by atoms with Crippen molar-refractivity contribution in [3.05, 3.63) is 56.7 Å². The summed E-state index contributed by atoms with van der Waals surface area (Å²) in [6.07, 6.45) is 0. The molecule has 0 bridgehead atoms. The predicted molar refractivity (Wildman–Crippen MR) is 99.2 cm³/mol. The van der Waals surface area contributed by atoms with Crippen molar-refractivity contribution in [1.29, 1.82) is 0 Å². The Hall–Kier alpha value is -1.01. The molecule has 0 fully saturated rings. The topological polar surface area (TPSA) is 29.1 Å². The molecular formula is C17H18INOS. The number of halogens is 1. The first kappa shape index (κ1) is 16.4. The molecule has 0 aliphatic rings. The maximum Gasteiger partial charge on any atom is 0.234 e. The summed E-state index contributed by atoms with van der Waals surface area (Å²) in [4.78, 5) is 13.2. The molecule has 0 saturated carbocycles. The zero-order chi connectivity index (χ0) is 15.4. The molecule has 0 unspecified atom stereocenters. The molecular weight excluding hydrogens is 393 g/mol. The number of amides is 1. The van der Waals surface area contributed by atoms with E-state index in [-0.39, 0.29) is 5.91 Å². The third-order valence-corrected chi connectivity index (χ3v) is 5.48. The van der Waals surface area contributed by atoms with Gasteiger partial charge in [0.15, 0.2) is 0 Å². The van der Waals surface area contributed by atoms with Gasteiger partial charge in [0, 0.05) is 14.2 Å². The van der Waals surface area contributed by atoms with E-state index in [0.717, 1.165) is 14.2 Å². The van der Waals surface area contributed by atoms with Gasteiger partial charge in [-0.25, -0.2) is 0 Å². The summed E-state index contributed by atoms with van der Waals surface area (Å²) in [5, 5.41) is 2.95. The largest absolute Gasteiger partial charge is 0.325 e. The maximum atomic E-state index is 12.0. The summed E-state index contributed by atoms with van der Waals surface area (Å²) in [7, 11) is 0. The van der Waals surface area contributed by atoms with Gasteiger partial charge in [0.2, 0.25) is 5.91 Å². The van der Waals surface area contributed by atoms with Crippen molar-refractivity contribution in [3.63, 3.8) is 0 Å². The lowest BCUT2D eigenvalue weighted by molar-refractivity contribution is -0.113. The van der Waals surface area contributed by atoms with E-state index in [4.69, 9.17) is 0 Å². The van der Waals surface area contributed by atoms with Crippen LogP contribution in [0, 0.1) is 24.3 Å². The van der Waals surface area contributed by atoms with Gasteiger partial charge >= 0.3 is 0 Å². The number of carbonyl (C=O) groups is 1. The number of rotatable bonds is 4. The minimum Gasteiger partial charge on any atom is -0.325 e. The van der Waals surface area contributed by atoms with Gasteiger partial charge < -0.3 is 5.32 Å². The summed E-state index contributed by atoms with van der Waals surface area (Å²) in [6, 6.07) is 12.3. The van der Waals surface area contributed by atoms with Gasteiger partial charge in [0.05, 0.1) is 5.75 Å². The fraction of sp³-hybridized carbons (Fsp3) is 0.235. The molecule has 0 aliphatic carbocycles. The molecule has 110 valence electrons. The van der Waals surface area contributed by atoms with E-state index in [1.54, 1.807) is 11.8 Å². The first-order valence-electron chi connectivity index (χ1n) is 6.72. The second-order valence-corrected chi connectivity index (χ2v) is 7.25. The van der Waals surface area contributed by atoms with E-state index >= 15 is 0 Å². The van der Waals surface area contributed by atoms with Gasteiger partial charge in [-0.15, -0.1) is 11.8 Å². The van der Waals surface area contributed by atoms with Gasteiger partial charge in [-0.05, 0) is 72.7 Å². The number of hydrogen-bond donors (Lipinski definition) is 1. The maximum absolute atomic E-state index is 12.0. The van der Waals surface area contributed by atoms with Crippen LogP contribution in [0.4, 0.5) is 5.69 Å². The van der Waals surface area contributed by atoms with E-state index in [9.17, 15) is 4.79 Å². The monoisotopic (exact) mass is 411 g/mol. The molecule has 0 heterocycles. The lowest BCUT2D eigenvalue weighted by Gasteiger charge is -2.08. The number of nitrogens with one attached hydrogen (secondary N) is 1. The quantitative estimate of drug-likeness (QED) is 0.570. The average molecular weight is 411 g/mol. The number of benzene rings is 2. The Labute approximate surface area is 143 Å². The molecule has 1 N–H and O–H groups in total. The lowest BCUT2D eigenvalue weighted by Crippen LogP contribution is -2.14. The van der Waals surface area contributed by atoms with Crippen molar-refractivity contribution in [2.24, 2.45) is 0 Å². The highest BCUT2D eigenvalue weighted by atomic mass is 127. The highest BCUT2D eigenvalue weighted by Crippen LogP contribution is 2.23. The molecule has 0 spiro atoms. The first-order chi connectivity index (χ1) is 9.95. The summed E-state index contributed by atoms with van der Waals surface area (Å²) >= 11 is 3.85. The Morgan fingerprint density at radius 3 is 2.52 bits per heavy atom. The third kappa shape index (κ3) is 4.74. The highest BCUT2D eigenvalue weighted by molar-refractivity contribution is 14.1. The van der Waals surface area contributed by atoms with Gasteiger partial charge in [-0.1, -0.05) is 23.8 Å². The van der Waals surface area contributed by atoms with Crippen LogP contribution in [0.1, 0.15) is 16.7 Å². The molecule has 2 aromatic carbocycles. The van der Waals surface area contributed by atoms with Gasteiger partial charge in [-0.2, -0.15) is 0 Å². The Balaban J connectivity index is 1.94. The molecule has 0 atom stereocenters. The summed E-state index contributed by atoms with van der Waals surface area (Å²) < 4.78 is 1.16. The molecule has 0 radical (unpaired) electrons. The fourth-order valence-electron chi connectivity index (χ4n) is 1.97. The normalized spacial score (nSPS) is 10.5. The van der Waals surface area contributed by atoms with Crippen LogP contribution < -0.4 is 5.32 Å².